The van der Waals surface area contributed by atoms with Crippen LogP contribution in [-0.4, -0.2) is 0 Å². The molecule has 0 rings (SSSR count). The van der Waals surface area contributed by atoms with E-state index in [2.05, 4.69) is 28.2 Å². The van der Waals surface area contributed by atoms with Crippen molar-refractivity contribution < 1.29 is 0 Å². The second-order valence-corrected chi connectivity index (χ2v) is 4.77. The number of hydrogen-bond donors (Lipinski definition) is 0. The van der Waals surface area contributed by atoms with Crippen LogP contribution in [0.2, 0.25) is 0 Å². The molecule has 0 heterocycles. The van der Waals surface area contributed by atoms with Crippen molar-refractivity contribution in [3.63, 3.8) is 0 Å². The lowest BCUT2D eigenvalue weighted by Crippen LogP contribution is -1.81. The number of hydrogen-bond acceptors (Lipinski definition) is 0. The Morgan fingerprint density at radius 1 is 0.714 bits per heavy atom. The number of halogens is 1. The zero-order valence-electron chi connectivity index (χ0n) is 9.73. The third-order valence-electron chi connectivity index (χ3n) is 2.67. The molecule has 0 fully saturated rings. The highest BCUT2D eigenvalue weighted by Crippen LogP contribution is 2.12. The van der Waals surface area contributed by atoms with Crippen LogP contribution in [0, 0.1) is 5.33 Å². The summed E-state index contributed by atoms with van der Waals surface area (Å²) in [6.45, 7) is 2.28. The molecule has 0 bridgehead atoms. The molecule has 0 aliphatic carbocycles. The number of rotatable bonds is 11. The summed E-state index contributed by atoms with van der Waals surface area (Å²) in [6, 6.07) is 0. The first-order chi connectivity index (χ1) is 6.91. The minimum Gasteiger partial charge on any atom is -0.0879 e. The van der Waals surface area contributed by atoms with Crippen molar-refractivity contribution in [3.8, 4) is 0 Å². The van der Waals surface area contributed by atoms with Crippen LogP contribution in [0.5, 0.6) is 0 Å². The quantitative estimate of drug-likeness (QED) is 0.409. The molecule has 0 aromatic heterocycles. The first-order valence-electron chi connectivity index (χ1n) is 6.33. The molecular formula is C13H26Br. The highest BCUT2D eigenvalue weighted by Gasteiger charge is 1.91. The molecule has 0 atom stereocenters. The van der Waals surface area contributed by atoms with Crippen molar-refractivity contribution in [1.29, 1.82) is 0 Å². The van der Waals surface area contributed by atoms with E-state index in [4.69, 9.17) is 0 Å². The highest BCUT2D eigenvalue weighted by molar-refractivity contribution is 9.10. The molecule has 0 N–H and O–H groups in total. The predicted octanol–water partition coefficient (Wildman–Crippen LogP) is 5.85. The SMILES string of the molecule is CCCCCCCCCCCC[CH]Br. The van der Waals surface area contributed by atoms with Gasteiger partial charge in [0.05, 0.1) is 0 Å². The Morgan fingerprint density at radius 2 is 1.14 bits per heavy atom. The fraction of sp³-hybridized carbons (Fsp3) is 0.923. The molecule has 14 heavy (non-hydrogen) atoms. The Hall–Kier alpha value is 0.480. The van der Waals surface area contributed by atoms with Gasteiger partial charge in [-0.2, -0.15) is 0 Å². The zero-order chi connectivity index (χ0) is 10.5. The third-order valence-corrected chi connectivity index (χ3v) is 3.12. The fourth-order valence-corrected chi connectivity index (χ4v) is 2.03. The van der Waals surface area contributed by atoms with Crippen molar-refractivity contribution in [3.05, 3.63) is 5.33 Å². The van der Waals surface area contributed by atoms with Gasteiger partial charge in [-0.15, -0.1) is 0 Å². The summed E-state index contributed by atoms with van der Waals surface area (Å²) in [7, 11) is 0. The maximum atomic E-state index is 3.34. The van der Waals surface area contributed by atoms with Crippen molar-refractivity contribution in [2.75, 3.05) is 0 Å². The minimum absolute atomic E-state index is 1.23. The van der Waals surface area contributed by atoms with Crippen LogP contribution < -0.4 is 0 Å². The van der Waals surface area contributed by atoms with Crippen LogP contribution in [0.4, 0.5) is 0 Å². The molecule has 0 spiro atoms. The van der Waals surface area contributed by atoms with Gasteiger partial charge in [-0.05, 0) is 6.42 Å². The molecule has 0 aromatic carbocycles. The molecule has 0 aliphatic heterocycles. The summed E-state index contributed by atoms with van der Waals surface area (Å²) in [5, 5.41) is 2.09. The molecule has 0 amide bonds. The Morgan fingerprint density at radius 3 is 1.57 bits per heavy atom. The van der Waals surface area contributed by atoms with Gasteiger partial charge in [0, 0.05) is 5.33 Å². The second-order valence-electron chi connectivity index (χ2n) is 4.12. The van der Waals surface area contributed by atoms with E-state index in [0.717, 1.165) is 0 Å². The van der Waals surface area contributed by atoms with Crippen molar-refractivity contribution in [1.82, 2.24) is 0 Å². The Kier molecular flexibility index (Phi) is 13.9. The molecule has 1 heteroatoms. The van der Waals surface area contributed by atoms with Gasteiger partial charge in [-0.1, -0.05) is 87.1 Å². The summed E-state index contributed by atoms with van der Waals surface area (Å²) < 4.78 is 0. The van der Waals surface area contributed by atoms with Crippen LogP contribution in [-0.2, 0) is 0 Å². The first kappa shape index (κ1) is 14.5. The monoisotopic (exact) mass is 261 g/mol. The van der Waals surface area contributed by atoms with E-state index in [9.17, 15) is 0 Å². The van der Waals surface area contributed by atoms with Crippen molar-refractivity contribution >= 4 is 15.9 Å². The topological polar surface area (TPSA) is 0 Å². The third kappa shape index (κ3) is 12.5. The average molecular weight is 262 g/mol. The van der Waals surface area contributed by atoms with Gasteiger partial charge in [-0.25, -0.2) is 0 Å². The summed E-state index contributed by atoms with van der Waals surface area (Å²) in [4.78, 5) is 0. The van der Waals surface area contributed by atoms with Gasteiger partial charge in [0.2, 0.25) is 0 Å². The van der Waals surface area contributed by atoms with Gasteiger partial charge >= 0.3 is 0 Å². The van der Waals surface area contributed by atoms with E-state index in [1.807, 2.05) is 0 Å². The lowest BCUT2D eigenvalue weighted by Gasteiger charge is -2.01. The van der Waals surface area contributed by atoms with Gasteiger partial charge < -0.3 is 0 Å². The molecule has 0 aromatic rings. The van der Waals surface area contributed by atoms with Gasteiger partial charge in [0.1, 0.15) is 0 Å². The summed E-state index contributed by atoms with van der Waals surface area (Å²) in [6.07, 6.45) is 15.5. The molecule has 0 aliphatic rings. The lowest BCUT2D eigenvalue weighted by atomic mass is 10.1. The summed E-state index contributed by atoms with van der Waals surface area (Å²) in [5.74, 6) is 0. The van der Waals surface area contributed by atoms with Crippen molar-refractivity contribution in [2.24, 2.45) is 0 Å². The van der Waals surface area contributed by atoms with E-state index in [0.29, 0.717) is 0 Å². The van der Waals surface area contributed by atoms with Crippen LogP contribution >= 0.6 is 15.9 Å². The minimum atomic E-state index is 1.23. The van der Waals surface area contributed by atoms with Gasteiger partial charge in [0.25, 0.3) is 0 Å². The van der Waals surface area contributed by atoms with Gasteiger partial charge in [-0.3, -0.25) is 0 Å². The van der Waals surface area contributed by atoms with Crippen LogP contribution in [0.25, 0.3) is 0 Å². The van der Waals surface area contributed by atoms with Gasteiger partial charge in [0.15, 0.2) is 0 Å². The molecule has 1 radical (unpaired) electrons. The standard InChI is InChI=1S/C13H26Br/c1-2-3-4-5-6-7-8-9-10-11-12-13-14/h13H,2-12H2,1H3. The second kappa shape index (κ2) is 13.5. The molecule has 0 saturated heterocycles. The van der Waals surface area contributed by atoms with Crippen LogP contribution in [0.1, 0.15) is 77.6 Å². The van der Waals surface area contributed by atoms with Crippen molar-refractivity contribution in [2.45, 2.75) is 77.6 Å². The summed E-state index contributed by atoms with van der Waals surface area (Å²) in [5.41, 5.74) is 0. The fourth-order valence-electron chi connectivity index (χ4n) is 1.71. The highest BCUT2D eigenvalue weighted by atomic mass is 79.9. The smallest absolute Gasteiger partial charge is 0.0271 e. The molecule has 85 valence electrons. The maximum absolute atomic E-state index is 3.34. The molecule has 0 nitrogen and oxygen atoms in total. The van der Waals surface area contributed by atoms with E-state index < -0.39 is 0 Å². The van der Waals surface area contributed by atoms with Crippen LogP contribution in [0.3, 0.4) is 0 Å². The lowest BCUT2D eigenvalue weighted by molar-refractivity contribution is 0.557. The number of unbranched alkanes of at least 4 members (excludes halogenated alkanes) is 10. The normalized spacial score (nSPS) is 10.7. The first-order valence-corrected chi connectivity index (χ1v) is 7.25. The molecular weight excluding hydrogens is 236 g/mol. The maximum Gasteiger partial charge on any atom is 0.0271 e. The Balaban J connectivity index is 2.78. The Bertz CT molecular complexity index is 79.2. The molecule has 0 saturated carbocycles. The van der Waals surface area contributed by atoms with E-state index >= 15 is 0 Å². The van der Waals surface area contributed by atoms with E-state index in [1.54, 1.807) is 0 Å². The van der Waals surface area contributed by atoms with Crippen LogP contribution in [0.15, 0.2) is 0 Å². The predicted molar refractivity (Wildman–Crippen MR) is 69.7 cm³/mol. The average Bonchev–Trinajstić information content (AvgIpc) is 2.21. The zero-order valence-corrected chi connectivity index (χ0v) is 11.3. The van der Waals surface area contributed by atoms with E-state index in [-0.39, 0.29) is 0 Å². The summed E-state index contributed by atoms with van der Waals surface area (Å²) >= 11 is 3.34. The van der Waals surface area contributed by atoms with E-state index in [1.165, 1.54) is 70.6 Å². The Labute approximate surface area is 99.0 Å². The largest absolute Gasteiger partial charge is 0.0879 e. The molecule has 0 unspecified atom stereocenters.